The second-order valence-corrected chi connectivity index (χ2v) is 5.32. The minimum absolute atomic E-state index is 0.315. The van der Waals surface area contributed by atoms with Crippen molar-refractivity contribution in [2.75, 3.05) is 36.9 Å². The largest absolute Gasteiger partial charge is 0.380 e. The quantitative estimate of drug-likeness (QED) is 0.906. The first kappa shape index (κ1) is 14.0. The second-order valence-electron chi connectivity index (χ2n) is 5.32. The number of aryl methyl sites for hydroxylation is 2. The third-order valence-electron chi connectivity index (χ3n) is 3.74. The highest BCUT2D eigenvalue weighted by molar-refractivity contribution is 5.92. The molecule has 0 radical (unpaired) electrons. The number of nitrogens with two attached hydrogens (primary N) is 1. The molecule has 2 N–H and O–H groups in total. The lowest BCUT2D eigenvalue weighted by Gasteiger charge is -2.23. The molecule has 0 atom stereocenters. The number of fused-ring (bicyclic) bond motifs is 1. The topological polar surface area (TPSA) is 77.2 Å². The Bertz CT molecular complexity index is 645. The van der Waals surface area contributed by atoms with E-state index in [0.29, 0.717) is 12.6 Å². The van der Waals surface area contributed by atoms with Crippen molar-refractivity contribution in [1.82, 2.24) is 15.0 Å². The number of pyridine rings is 1. The van der Waals surface area contributed by atoms with Crippen molar-refractivity contribution in [3.8, 4) is 0 Å². The van der Waals surface area contributed by atoms with Gasteiger partial charge in [-0.1, -0.05) is 6.92 Å². The Hall–Kier alpha value is -1.95. The first-order valence-corrected chi connectivity index (χ1v) is 7.45. The van der Waals surface area contributed by atoms with E-state index in [2.05, 4.69) is 26.8 Å². The number of hydrogen-bond acceptors (Lipinski definition) is 6. The maximum atomic E-state index is 5.91. The molecule has 0 unspecified atom stereocenters. The average Bonchev–Trinajstić information content (AvgIpc) is 2.74. The van der Waals surface area contributed by atoms with E-state index in [9.17, 15) is 0 Å². The monoisotopic (exact) mass is 287 g/mol. The molecule has 0 aromatic carbocycles. The normalized spacial score (nSPS) is 16.2. The predicted octanol–water partition coefficient (Wildman–Crippen LogP) is 1.70. The molecule has 3 heterocycles. The van der Waals surface area contributed by atoms with Crippen LogP contribution in [0.3, 0.4) is 0 Å². The molecule has 1 fully saturated rings. The van der Waals surface area contributed by atoms with Gasteiger partial charge in [-0.15, -0.1) is 0 Å². The van der Waals surface area contributed by atoms with Gasteiger partial charge < -0.3 is 15.4 Å². The van der Waals surface area contributed by atoms with Gasteiger partial charge >= 0.3 is 0 Å². The predicted molar refractivity (Wildman–Crippen MR) is 83.5 cm³/mol. The van der Waals surface area contributed by atoms with E-state index in [4.69, 9.17) is 10.5 Å². The van der Waals surface area contributed by atoms with Crippen LogP contribution < -0.4 is 10.6 Å². The molecule has 0 aliphatic carbocycles. The lowest BCUT2D eigenvalue weighted by Crippen LogP contribution is -2.27. The van der Waals surface area contributed by atoms with Crippen molar-refractivity contribution in [3.05, 3.63) is 17.5 Å². The molecule has 1 aliphatic heterocycles. The van der Waals surface area contributed by atoms with E-state index in [-0.39, 0.29) is 0 Å². The Balaban J connectivity index is 2.20. The van der Waals surface area contributed by atoms with Crippen molar-refractivity contribution in [3.63, 3.8) is 0 Å². The summed E-state index contributed by atoms with van der Waals surface area (Å²) in [6.07, 6.45) is 1.84. The van der Waals surface area contributed by atoms with Gasteiger partial charge in [-0.2, -0.15) is 4.98 Å². The highest BCUT2D eigenvalue weighted by atomic mass is 16.5. The third kappa shape index (κ3) is 2.76. The lowest BCUT2D eigenvalue weighted by atomic mass is 10.1. The van der Waals surface area contributed by atoms with Crippen molar-refractivity contribution in [1.29, 1.82) is 0 Å². The SMILES string of the molecule is CCc1nc(C)cc2nc(N)nc(N3CCCOCC3)c12. The van der Waals surface area contributed by atoms with Crippen molar-refractivity contribution in [2.45, 2.75) is 26.7 Å². The van der Waals surface area contributed by atoms with Gasteiger partial charge in [0, 0.05) is 25.4 Å². The average molecular weight is 287 g/mol. The van der Waals surface area contributed by atoms with Crippen LogP contribution in [0.15, 0.2) is 6.07 Å². The number of nitrogen functional groups attached to an aromatic ring is 1. The fourth-order valence-electron chi connectivity index (χ4n) is 2.81. The molecule has 6 nitrogen and oxygen atoms in total. The number of anilines is 2. The standard InChI is InChI=1S/C15H21N5O/c1-3-11-13-12(9-10(2)17-11)18-15(16)19-14(13)20-5-4-7-21-8-6-20/h9H,3-8H2,1-2H3,(H2,16,18,19). The molecule has 0 bridgehead atoms. The lowest BCUT2D eigenvalue weighted by molar-refractivity contribution is 0.152. The molecular formula is C15H21N5O. The Morgan fingerprint density at radius 1 is 1.24 bits per heavy atom. The van der Waals surface area contributed by atoms with E-state index >= 15 is 0 Å². The highest BCUT2D eigenvalue weighted by Gasteiger charge is 2.18. The minimum atomic E-state index is 0.315. The van der Waals surface area contributed by atoms with Gasteiger partial charge in [0.1, 0.15) is 5.82 Å². The van der Waals surface area contributed by atoms with E-state index in [1.165, 1.54) is 0 Å². The summed E-state index contributed by atoms with van der Waals surface area (Å²) < 4.78 is 5.53. The third-order valence-corrected chi connectivity index (χ3v) is 3.74. The van der Waals surface area contributed by atoms with E-state index in [1.807, 2.05) is 13.0 Å². The second kappa shape index (κ2) is 5.81. The summed E-state index contributed by atoms with van der Waals surface area (Å²) in [6, 6.07) is 1.98. The van der Waals surface area contributed by atoms with Crippen molar-refractivity contribution in [2.24, 2.45) is 0 Å². The molecular weight excluding hydrogens is 266 g/mol. The maximum absolute atomic E-state index is 5.91. The Morgan fingerprint density at radius 2 is 2.10 bits per heavy atom. The Kier molecular flexibility index (Phi) is 3.88. The summed E-state index contributed by atoms with van der Waals surface area (Å²) in [5.74, 6) is 1.21. The van der Waals surface area contributed by atoms with Crippen LogP contribution in [0.4, 0.5) is 11.8 Å². The van der Waals surface area contributed by atoms with Crippen molar-refractivity contribution >= 4 is 22.7 Å². The Labute approximate surface area is 124 Å². The summed E-state index contributed by atoms with van der Waals surface area (Å²) in [7, 11) is 0. The molecule has 0 spiro atoms. The molecule has 2 aromatic rings. The molecule has 6 heteroatoms. The zero-order chi connectivity index (χ0) is 14.8. The van der Waals surface area contributed by atoms with Gasteiger partial charge in [0.15, 0.2) is 0 Å². The molecule has 3 rings (SSSR count). The van der Waals surface area contributed by atoms with Gasteiger partial charge in [0.2, 0.25) is 5.95 Å². The Morgan fingerprint density at radius 3 is 2.90 bits per heavy atom. The van der Waals surface area contributed by atoms with E-state index in [0.717, 1.165) is 60.6 Å². The fourth-order valence-corrected chi connectivity index (χ4v) is 2.81. The summed E-state index contributed by atoms with van der Waals surface area (Å²) in [6.45, 7) is 7.34. The zero-order valence-electron chi connectivity index (χ0n) is 12.6. The van der Waals surface area contributed by atoms with Crippen LogP contribution in [0.1, 0.15) is 24.7 Å². The van der Waals surface area contributed by atoms with Crippen LogP contribution in [0.2, 0.25) is 0 Å². The zero-order valence-corrected chi connectivity index (χ0v) is 12.6. The summed E-state index contributed by atoms with van der Waals surface area (Å²) in [5, 5.41) is 1.03. The van der Waals surface area contributed by atoms with Crippen molar-refractivity contribution < 1.29 is 4.74 Å². The van der Waals surface area contributed by atoms with Gasteiger partial charge in [0.25, 0.3) is 0 Å². The summed E-state index contributed by atoms with van der Waals surface area (Å²) in [4.78, 5) is 15.8. The number of rotatable bonds is 2. The number of ether oxygens (including phenoxy) is 1. The number of nitrogens with zero attached hydrogens (tertiary/aromatic N) is 4. The molecule has 1 saturated heterocycles. The van der Waals surface area contributed by atoms with Crippen LogP contribution >= 0.6 is 0 Å². The molecule has 0 saturated carbocycles. The van der Waals surface area contributed by atoms with Gasteiger partial charge in [-0.25, -0.2) is 4.98 Å². The maximum Gasteiger partial charge on any atom is 0.222 e. The molecule has 1 aliphatic rings. The van der Waals surface area contributed by atoms with Crippen LogP contribution in [0.5, 0.6) is 0 Å². The fraction of sp³-hybridized carbons (Fsp3) is 0.533. The number of aromatic nitrogens is 3. The molecule has 2 aromatic heterocycles. The van der Waals surface area contributed by atoms with E-state index in [1.54, 1.807) is 0 Å². The van der Waals surface area contributed by atoms with Gasteiger partial charge in [-0.3, -0.25) is 4.98 Å². The summed E-state index contributed by atoms with van der Waals surface area (Å²) >= 11 is 0. The minimum Gasteiger partial charge on any atom is -0.380 e. The molecule has 21 heavy (non-hydrogen) atoms. The summed E-state index contributed by atoms with van der Waals surface area (Å²) in [5.41, 5.74) is 8.79. The molecule has 0 amide bonds. The number of hydrogen-bond donors (Lipinski definition) is 1. The first-order chi connectivity index (χ1) is 10.2. The van der Waals surface area contributed by atoms with Crippen LogP contribution in [0, 0.1) is 6.92 Å². The van der Waals surface area contributed by atoms with Gasteiger partial charge in [-0.05, 0) is 25.8 Å². The first-order valence-electron chi connectivity index (χ1n) is 7.45. The van der Waals surface area contributed by atoms with Gasteiger partial charge in [0.05, 0.1) is 23.2 Å². The van der Waals surface area contributed by atoms with Crippen LogP contribution in [0.25, 0.3) is 10.9 Å². The van der Waals surface area contributed by atoms with Crippen LogP contribution in [-0.2, 0) is 11.2 Å². The van der Waals surface area contributed by atoms with E-state index < -0.39 is 0 Å². The highest BCUT2D eigenvalue weighted by Crippen LogP contribution is 2.28. The smallest absolute Gasteiger partial charge is 0.222 e. The van der Waals surface area contributed by atoms with Crippen LogP contribution in [-0.4, -0.2) is 41.3 Å². The molecule has 112 valence electrons.